The van der Waals surface area contributed by atoms with Crippen molar-refractivity contribution in [2.24, 2.45) is 0 Å². The van der Waals surface area contributed by atoms with Crippen molar-refractivity contribution < 1.29 is 19.4 Å². The van der Waals surface area contributed by atoms with Gasteiger partial charge in [-0.05, 0) is 52.1 Å². The summed E-state index contributed by atoms with van der Waals surface area (Å²) >= 11 is 0. The lowest BCUT2D eigenvalue weighted by Gasteiger charge is -2.13. The Morgan fingerprint density at radius 1 is 0.926 bits per heavy atom. The van der Waals surface area contributed by atoms with E-state index in [1.807, 2.05) is 49.4 Å². The van der Waals surface area contributed by atoms with Crippen molar-refractivity contribution in [3.8, 4) is 5.75 Å². The smallest absolute Gasteiger partial charge is 0.336 e. The largest absolute Gasteiger partial charge is 0.478 e. The first kappa shape index (κ1) is 18.7. The van der Waals surface area contributed by atoms with E-state index in [1.165, 1.54) is 0 Å². The lowest BCUT2D eigenvalue weighted by atomic mass is 9.91. The summed E-state index contributed by atoms with van der Waals surface area (Å²) in [6.45, 7) is 2.13. The quantitative estimate of drug-likeness (QED) is 0.355. The van der Waals surface area contributed by atoms with E-state index in [4.69, 9.17) is 9.47 Å². The molecule has 0 unspecified atom stereocenters. The molecular formula is C23H22O4. The molecule has 3 aromatic carbocycles. The van der Waals surface area contributed by atoms with Gasteiger partial charge in [-0.1, -0.05) is 55.5 Å². The number of aliphatic carboxylic acids is 1. The minimum absolute atomic E-state index is 0.151. The molecule has 0 saturated carbocycles. The normalized spacial score (nSPS) is 11.9. The fourth-order valence-corrected chi connectivity index (χ4v) is 3.17. The maximum absolute atomic E-state index is 12.1. The molecule has 0 heterocycles. The lowest BCUT2D eigenvalue weighted by molar-refractivity contribution is -0.130. The fraction of sp³-hybridized carbons (Fsp3) is 0.174. The van der Waals surface area contributed by atoms with Gasteiger partial charge in [0.1, 0.15) is 5.75 Å². The SMILES string of the molecule is CCC(=C(C(=O)O)c1ccc(OCOC)cc1)c1ccc2ccccc2c1. The molecule has 0 amide bonds. The first-order chi connectivity index (χ1) is 13.1. The number of hydrogen-bond donors (Lipinski definition) is 1. The van der Waals surface area contributed by atoms with E-state index in [9.17, 15) is 9.90 Å². The van der Waals surface area contributed by atoms with E-state index >= 15 is 0 Å². The number of rotatable bonds is 7. The van der Waals surface area contributed by atoms with E-state index in [2.05, 4.69) is 0 Å². The molecule has 27 heavy (non-hydrogen) atoms. The third-order valence-corrected chi connectivity index (χ3v) is 4.45. The van der Waals surface area contributed by atoms with Crippen molar-refractivity contribution in [1.29, 1.82) is 0 Å². The van der Waals surface area contributed by atoms with Crippen LogP contribution in [-0.4, -0.2) is 25.0 Å². The number of methoxy groups -OCH3 is 1. The average molecular weight is 362 g/mol. The Morgan fingerprint density at radius 3 is 2.22 bits per heavy atom. The number of fused-ring (bicyclic) bond motifs is 1. The van der Waals surface area contributed by atoms with Crippen molar-refractivity contribution in [2.45, 2.75) is 13.3 Å². The van der Waals surface area contributed by atoms with Crippen LogP contribution >= 0.6 is 0 Å². The second kappa shape index (κ2) is 8.52. The Hall–Kier alpha value is -3.11. The van der Waals surface area contributed by atoms with Gasteiger partial charge in [-0.2, -0.15) is 0 Å². The summed E-state index contributed by atoms with van der Waals surface area (Å²) in [5.41, 5.74) is 2.69. The Balaban J connectivity index is 2.07. The molecule has 3 aromatic rings. The molecule has 0 saturated heterocycles. The third kappa shape index (κ3) is 4.18. The molecule has 4 nitrogen and oxygen atoms in total. The van der Waals surface area contributed by atoms with Gasteiger partial charge in [-0.25, -0.2) is 4.79 Å². The molecule has 0 spiro atoms. The molecule has 0 atom stereocenters. The highest BCUT2D eigenvalue weighted by Crippen LogP contribution is 2.32. The number of carboxylic acid groups (broad SMARTS) is 1. The standard InChI is InChI=1S/C23H22O4/c1-3-21(19-9-8-16-6-4-5-7-18(16)14-19)22(23(24)25)17-10-12-20(13-11-17)27-15-26-2/h4-14H,3,15H2,1-2H3,(H,24,25). The minimum Gasteiger partial charge on any atom is -0.478 e. The predicted molar refractivity (Wildman–Crippen MR) is 108 cm³/mol. The number of carbonyl (C=O) groups is 1. The van der Waals surface area contributed by atoms with Crippen molar-refractivity contribution in [1.82, 2.24) is 0 Å². The van der Waals surface area contributed by atoms with Gasteiger partial charge in [0.05, 0.1) is 5.57 Å². The van der Waals surface area contributed by atoms with Crippen LogP contribution in [0.1, 0.15) is 24.5 Å². The first-order valence-corrected chi connectivity index (χ1v) is 8.81. The first-order valence-electron chi connectivity index (χ1n) is 8.81. The lowest BCUT2D eigenvalue weighted by Crippen LogP contribution is -2.04. The van der Waals surface area contributed by atoms with Crippen molar-refractivity contribution in [3.05, 3.63) is 77.9 Å². The number of benzene rings is 3. The number of carboxylic acids is 1. The van der Waals surface area contributed by atoms with Crippen molar-refractivity contribution in [2.75, 3.05) is 13.9 Å². The highest BCUT2D eigenvalue weighted by atomic mass is 16.7. The van der Waals surface area contributed by atoms with Crippen LogP contribution in [0, 0.1) is 0 Å². The number of hydrogen-bond acceptors (Lipinski definition) is 3. The Morgan fingerprint density at radius 2 is 1.59 bits per heavy atom. The summed E-state index contributed by atoms with van der Waals surface area (Å²) in [4.78, 5) is 12.1. The monoisotopic (exact) mass is 362 g/mol. The average Bonchev–Trinajstić information content (AvgIpc) is 2.70. The molecule has 3 rings (SSSR count). The summed E-state index contributed by atoms with van der Waals surface area (Å²) in [5, 5.41) is 12.1. The zero-order valence-electron chi connectivity index (χ0n) is 15.4. The van der Waals surface area contributed by atoms with E-state index in [-0.39, 0.29) is 6.79 Å². The van der Waals surface area contributed by atoms with Gasteiger partial charge >= 0.3 is 5.97 Å². The van der Waals surface area contributed by atoms with E-state index < -0.39 is 5.97 Å². The molecule has 0 aromatic heterocycles. The van der Waals surface area contributed by atoms with Gasteiger partial charge in [-0.3, -0.25) is 0 Å². The zero-order chi connectivity index (χ0) is 19.2. The van der Waals surface area contributed by atoms with Crippen LogP contribution < -0.4 is 4.74 Å². The summed E-state index contributed by atoms with van der Waals surface area (Å²) in [7, 11) is 1.55. The van der Waals surface area contributed by atoms with E-state index in [1.54, 1.807) is 31.4 Å². The van der Waals surface area contributed by atoms with Crippen LogP contribution in [0.5, 0.6) is 5.75 Å². The zero-order valence-corrected chi connectivity index (χ0v) is 15.4. The highest BCUT2D eigenvalue weighted by molar-refractivity contribution is 6.23. The van der Waals surface area contributed by atoms with Gasteiger partial charge in [0, 0.05) is 7.11 Å². The summed E-state index contributed by atoms with van der Waals surface area (Å²) in [6.07, 6.45) is 0.613. The maximum atomic E-state index is 12.1. The fourth-order valence-electron chi connectivity index (χ4n) is 3.17. The summed E-state index contributed by atoms with van der Waals surface area (Å²) in [6, 6.07) is 21.2. The Labute approximate surface area is 158 Å². The molecule has 0 bridgehead atoms. The summed E-state index contributed by atoms with van der Waals surface area (Å²) < 4.78 is 10.3. The van der Waals surface area contributed by atoms with Crippen LogP contribution in [0.25, 0.3) is 21.9 Å². The van der Waals surface area contributed by atoms with Crippen LogP contribution in [0.4, 0.5) is 0 Å². The van der Waals surface area contributed by atoms with Crippen LogP contribution in [0.3, 0.4) is 0 Å². The van der Waals surface area contributed by atoms with Crippen LogP contribution in [0.2, 0.25) is 0 Å². The van der Waals surface area contributed by atoms with Gasteiger partial charge in [0.2, 0.25) is 0 Å². The molecule has 0 aliphatic rings. The Bertz CT molecular complexity index is 971. The summed E-state index contributed by atoms with van der Waals surface area (Å²) in [5.74, 6) is -0.306. The Kier molecular flexibility index (Phi) is 5.89. The highest BCUT2D eigenvalue weighted by Gasteiger charge is 2.17. The van der Waals surface area contributed by atoms with Crippen molar-refractivity contribution >= 4 is 27.9 Å². The number of ether oxygens (including phenoxy) is 2. The second-order valence-electron chi connectivity index (χ2n) is 6.15. The number of allylic oxidation sites excluding steroid dienone is 1. The molecule has 0 radical (unpaired) electrons. The van der Waals surface area contributed by atoms with Crippen molar-refractivity contribution in [3.63, 3.8) is 0 Å². The topological polar surface area (TPSA) is 55.8 Å². The second-order valence-corrected chi connectivity index (χ2v) is 6.15. The van der Waals surface area contributed by atoms with Crippen LogP contribution in [-0.2, 0) is 9.53 Å². The molecular weight excluding hydrogens is 340 g/mol. The molecule has 4 heteroatoms. The third-order valence-electron chi connectivity index (χ3n) is 4.45. The predicted octanol–water partition coefficient (Wildman–Crippen LogP) is 5.23. The van der Waals surface area contributed by atoms with Gasteiger partial charge in [-0.15, -0.1) is 0 Å². The molecule has 0 aliphatic heterocycles. The van der Waals surface area contributed by atoms with Gasteiger partial charge < -0.3 is 14.6 Å². The van der Waals surface area contributed by atoms with E-state index in [0.29, 0.717) is 23.3 Å². The molecule has 1 N–H and O–H groups in total. The van der Waals surface area contributed by atoms with Gasteiger partial charge in [0.25, 0.3) is 0 Å². The molecule has 0 fully saturated rings. The maximum Gasteiger partial charge on any atom is 0.336 e. The molecule has 0 aliphatic carbocycles. The van der Waals surface area contributed by atoms with E-state index in [0.717, 1.165) is 21.9 Å². The minimum atomic E-state index is -0.939. The molecule has 138 valence electrons. The van der Waals surface area contributed by atoms with Gasteiger partial charge in [0.15, 0.2) is 6.79 Å². The van der Waals surface area contributed by atoms with Crippen LogP contribution in [0.15, 0.2) is 66.7 Å².